The molecule has 0 aliphatic carbocycles. The lowest BCUT2D eigenvalue weighted by atomic mass is 10.1. The fraction of sp³-hybridized carbons (Fsp3) is 0.182. The fourth-order valence-corrected chi connectivity index (χ4v) is 1.22. The van der Waals surface area contributed by atoms with Crippen molar-refractivity contribution >= 4 is 12.0 Å². The molecule has 5 nitrogen and oxygen atoms in total. The molecule has 0 atom stereocenters. The second-order valence-corrected chi connectivity index (χ2v) is 3.23. The molecule has 1 aromatic rings. The Morgan fingerprint density at radius 2 is 2.00 bits per heavy atom. The number of primary amides is 1. The normalized spacial score (nSPS) is 11.2. The third-order valence-electron chi connectivity index (χ3n) is 2.13. The SMILES string of the molecule is CC/C(=C/c1ccc(C(N)=O)cc1)[N+](=O)[O-]. The Morgan fingerprint density at radius 3 is 2.38 bits per heavy atom. The first-order valence-corrected chi connectivity index (χ1v) is 4.79. The zero-order valence-corrected chi connectivity index (χ0v) is 8.84. The number of nitrogens with zero attached hydrogens (tertiary/aromatic N) is 1. The molecule has 0 saturated carbocycles. The van der Waals surface area contributed by atoms with Crippen molar-refractivity contribution in [3.63, 3.8) is 0 Å². The molecule has 0 spiro atoms. The number of amides is 1. The second-order valence-electron chi connectivity index (χ2n) is 3.23. The molecule has 0 aliphatic heterocycles. The third kappa shape index (κ3) is 2.91. The minimum absolute atomic E-state index is 0.131. The Balaban J connectivity index is 2.98. The van der Waals surface area contributed by atoms with Gasteiger partial charge in [-0.25, -0.2) is 0 Å². The molecular formula is C11H12N2O3. The Morgan fingerprint density at radius 1 is 1.44 bits per heavy atom. The van der Waals surface area contributed by atoms with E-state index in [1.54, 1.807) is 31.2 Å². The maximum Gasteiger partial charge on any atom is 0.248 e. The van der Waals surface area contributed by atoms with Crippen LogP contribution in [-0.4, -0.2) is 10.8 Å². The minimum atomic E-state index is -0.513. The summed E-state index contributed by atoms with van der Waals surface area (Å²) in [4.78, 5) is 21.0. The molecule has 0 unspecified atom stereocenters. The summed E-state index contributed by atoms with van der Waals surface area (Å²) in [6.07, 6.45) is 1.83. The van der Waals surface area contributed by atoms with E-state index in [1.807, 2.05) is 0 Å². The number of carbonyl (C=O) groups is 1. The van der Waals surface area contributed by atoms with Crippen LogP contribution >= 0.6 is 0 Å². The van der Waals surface area contributed by atoms with Crippen LogP contribution < -0.4 is 5.73 Å². The van der Waals surface area contributed by atoms with Gasteiger partial charge in [0.2, 0.25) is 11.6 Å². The number of benzene rings is 1. The van der Waals surface area contributed by atoms with E-state index in [0.29, 0.717) is 17.5 Å². The van der Waals surface area contributed by atoms with E-state index in [2.05, 4.69) is 0 Å². The first kappa shape index (κ1) is 11.9. The number of hydrogen-bond acceptors (Lipinski definition) is 3. The van der Waals surface area contributed by atoms with Crippen LogP contribution in [0.4, 0.5) is 0 Å². The van der Waals surface area contributed by atoms with E-state index in [9.17, 15) is 14.9 Å². The van der Waals surface area contributed by atoms with Gasteiger partial charge >= 0.3 is 0 Å². The van der Waals surface area contributed by atoms with Crippen molar-refractivity contribution in [2.24, 2.45) is 5.73 Å². The van der Waals surface area contributed by atoms with Gasteiger partial charge in [0.05, 0.1) is 4.92 Å². The number of carbonyl (C=O) groups excluding carboxylic acids is 1. The van der Waals surface area contributed by atoms with E-state index < -0.39 is 10.8 Å². The number of nitro groups is 1. The van der Waals surface area contributed by atoms with Crippen LogP contribution in [0.3, 0.4) is 0 Å². The highest BCUT2D eigenvalue weighted by Gasteiger charge is 2.07. The molecule has 0 aromatic heterocycles. The predicted octanol–water partition coefficient (Wildman–Crippen LogP) is 1.81. The van der Waals surface area contributed by atoms with Gasteiger partial charge in [0, 0.05) is 18.1 Å². The molecule has 1 aromatic carbocycles. The van der Waals surface area contributed by atoms with Gasteiger partial charge in [0.1, 0.15) is 0 Å². The van der Waals surface area contributed by atoms with Crippen molar-refractivity contribution in [2.75, 3.05) is 0 Å². The largest absolute Gasteiger partial charge is 0.366 e. The molecule has 1 rings (SSSR count). The highest BCUT2D eigenvalue weighted by molar-refractivity contribution is 5.92. The van der Waals surface area contributed by atoms with Crippen molar-refractivity contribution in [3.05, 3.63) is 51.2 Å². The zero-order valence-electron chi connectivity index (χ0n) is 8.84. The maximum atomic E-state index is 10.8. The van der Waals surface area contributed by atoms with Gasteiger partial charge in [0.15, 0.2) is 0 Å². The lowest BCUT2D eigenvalue weighted by Gasteiger charge is -1.97. The van der Waals surface area contributed by atoms with Crippen LogP contribution in [-0.2, 0) is 0 Å². The monoisotopic (exact) mass is 220 g/mol. The molecule has 0 radical (unpaired) electrons. The first-order valence-electron chi connectivity index (χ1n) is 4.79. The molecule has 0 bridgehead atoms. The molecular weight excluding hydrogens is 208 g/mol. The van der Waals surface area contributed by atoms with Gasteiger partial charge < -0.3 is 5.73 Å². The summed E-state index contributed by atoms with van der Waals surface area (Å²) in [5.41, 5.74) is 6.27. The van der Waals surface area contributed by atoms with Gasteiger partial charge in [0.25, 0.3) is 0 Å². The molecule has 0 aliphatic rings. The number of rotatable bonds is 4. The average molecular weight is 220 g/mol. The molecule has 16 heavy (non-hydrogen) atoms. The van der Waals surface area contributed by atoms with Crippen LogP contribution in [0, 0.1) is 10.1 Å². The fourth-order valence-electron chi connectivity index (χ4n) is 1.22. The minimum Gasteiger partial charge on any atom is -0.366 e. The van der Waals surface area contributed by atoms with E-state index in [1.165, 1.54) is 6.08 Å². The highest BCUT2D eigenvalue weighted by Crippen LogP contribution is 2.11. The van der Waals surface area contributed by atoms with Crippen molar-refractivity contribution < 1.29 is 9.72 Å². The summed E-state index contributed by atoms with van der Waals surface area (Å²) < 4.78 is 0. The summed E-state index contributed by atoms with van der Waals surface area (Å²) in [7, 11) is 0. The average Bonchev–Trinajstić information content (AvgIpc) is 2.26. The molecule has 1 amide bonds. The summed E-state index contributed by atoms with van der Waals surface area (Å²) in [6, 6.07) is 6.33. The Bertz CT molecular complexity index is 435. The molecule has 5 heteroatoms. The third-order valence-corrected chi connectivity index (χ3v) is 2.13. The van der Waals surface area contributed by atoms with Crippen molar-refractivity contribution in [2.45, 2.75) is 13.3 Å². The summed E-state index contributed by atoms with van der Waals surface area (Å²) in [5.74, 6) is -0.513. The highest BCUT2D eigenvalue weighted by atomic mass is 16.6. The van der Waals surface area contributed by atoms with Gasteiger partial charge in [-0.2, -0.15) is 0 Å². The topological polar surface area (TPSA) is 86.2 Å². The van der Waals surface area contributed by atoms with E-state index >= 15 is 0 Å². The van der Waals surface area contributed by atoms with Gasteiger partial charge in [-0.15, -0.1) is 0 Å². The Hall–Kier alpha value is -2.17. The van der Waals surface area contributed by atoms with Crippen LogP contribution in [0.25, 0.3) is 6.08 Å². The lowest BCUT2D eigenvalue weighted by Crippen LogP contribution is -2.10. The van der Waals surface area contributed by atoms with Crippen molar-refractivity contribution in [1.29, 1.82) is 0 Å². The van der Waals surface area contributed by atoms with Crippen molar-refractivity contribution in [3.8, 4) is 0 Å². The van der Waals surface area contributed by atoms with Gasteiger partial charge in [-0.05, 0) is 17.7 Å². The molecule has 0 fully saturated rings. The maximum absolute atomic E-state index is 10.8. The summed E-state index contributed by atoms with van der Waals surface area (Å²) in [5, 5.41) is 10.6. The summed E-state index contributed by atoms with van der Waals surface area (Å²) in [6.45, 7) is 1.71. The molecule has 0 saturated heterocycles. The summed E-state index contributed by atoms with van der Waals surface area (Å²) >= 11 is 0. The number of hydrogen-bond donors (Lipinski definition) is 1. The van der Waals surface area contributed by atoms with Crippen LogP contribution in [0.1, 0.15) is 29.3 Å². The lowest BCUT2D eigenvalue weighted by molar-refractivity contribution is -0.425. The van der Waals surface area contributed by atoms with Crippen LogP contribution in [0.2, 0.25) is 0 Å². The molecule has 0 heterocycles. The van der Waals surface area contributed by atoms with Crippen LogP contribution in [0.15, 0.2) is 30.0 Å². The van der Waals surface area contributed by atoms with Gasteiger partial charge in [-0.1, -0.05) is 19.1 Å². The van der Waals surface area contributed by atoms with E-state index in [0.717, 1.165) is 0 Å². The first-order chi connectivity index (χ1) is 7.54. The van der Waals surface area contributed by atoms with Crippen LogP contribution in [0.5, 0.6) is 0 Å². The predicted molar refractivity (Wildman–Crippen MR) is 60.2 cm³/mol. The Kier molecular flexibility index (Phi) is 3.77. The Labute approximate surface area is 92.7 Å². The second kappa shape index (κ2) is 5.06. The van der Waals surface area contributed by atoms with Crippen molar-refractivity contribution in [1.82, 2.24) is 0 Å². The number of nitrogens with two attached hydrogens (primary N) is 1. The van der Waals surface area contributed by atoms with E-state index in [-0.39, 0.29) is 5.70 Å². The smallest absolute Gasteiger partial charge is 0.248 e. The van der Waals surface area contributed by atoms with Gasteiger partial charge in [-0.3, -0.25) is 14.9 Å². The quantitative estimate of drug-likeness (QED) is 0.620. The zero-order chi connectivity index (χ0) is 12.1. The van der Waals surface area contributed by atoms with E-state index in [4.69, 9.17) is 5.73 Å². The molecule has 84 valence electrons. The molecule has 2 N–H and O–H groups in total. The standard InChI is InChI=1S/C11H12N2O3/c1-2-10(13(15)16)7-8-3-5-9(6-4-8)11(12)14/h3-7H,2H2,1H3,(H2,12,14)/b10-7-. The number of allylic oxidation sites excluding steroid dienone is 1.